The molecule has 0 aliphatic carbocycles. The lowest BCUT2D eigenvalue weighted by molar-refractivity contribution is -0.132. The zero-order valence-corrected chi connectivity index (χ0v) is 19.9. The molecule has 0 saturated carbocycles. The number of aromatic nitrogens is 1. The maximum atomic E-state index is 13.3. The molecule has 1 saturated heterocycles. The molecule has 7 nitrogen and oxygen atoms in total. The van der Waals surface area contributed by atoms with Gasteiger partial charge in [-0.2, -0.15) is 0 Å². The number of thiazole rings is 1. The number of ether oxygens (including phenoxy) is 1. The van der Waals surface area contributed by atoms with E-state index in [1.165, 1.54) is 23.3 Å². The number of ketones is 1. The van der Waals surface area contributed by atoms with E-state index in [-0.39, 0.29) is 11.3 Å². The zero-order chi connectivity index (χ0) is 24.1. The largest absolute Gasteiger partial charge is 0.507 e. The topological polar surface area (TPSA) is 92.9 Å². The minimum atomic E-state index is -0.957. The van der Waals surface area contributed by atoms with E-state index in [1.54, 1.807) is 43.3 Å². The van der Waals surface area contributed by atoms with Crippen molar-refractivity contribution in [1.29, 1.82) is 0 Å². The van der Waals surface area contributed by atoms with E-state index < -0.39 is 17.7 Å². The molecule has 0 bridgehead atoms. The summed E-state index contributed by atoms with van der Waals surface area (Å²) >= 11 is 1.33. The summed E-state index contributed by atoms with van der Waals surface area (Å²) in [5.74, 6) is -0.359. The van der Waals surface area contributed by atoms with Crippen LogP contribution < -0.4 is 9.64 Å². The smallest absolute Gasteiger partial charge is 0.302 e. The van der Waals surface area contributed by atoms with Crippen molar-refractivity contribution in [2.45, 2.75) is 26.8 Å². The number of nitrogens with zero attached hydrogens (tertiary/aromatic N) is 2. The van der Waals surface area contributed by atoms with E-state index in [9.17, 15) is 14.7 Å². The van der Waals surface area contributed by atoms with Crippen LogP contribution in [0.5, 0.6) is 5.75 Å². The molecule has 1 aliphatic rings. The lowest BCUT2D eigenvalue weighted by Crippen LogP contribution is -2.29. The molecule has 2 aromatic heterocycles. The van der Waals surface area contributed by atoms with E-state index in [0.717, 1.165) is 21.3 Å². The maximum absolute atomic E-state index is 13.3. The summed E-state index contributed by atoms with van der Waals surface area (Å²) in [7, 11) is 1.51. The van der Waals surface area contributed by atoms with Crippen LogP contribution in [-0.4, -0.2) is 28.9 Å². The molecule has 1 unspecified atom stereocenters. The minimum absolute atomic E-state index is 0.0558. The van der Waals surface area contributed by atoms with Crippen molar-refractivity contribution in [2.24, 2.45) is 0 Å². The Morgan fingerprint density at radius 3 is 2.62 bits per heavy atom. The molecular formula is C26H22N2O5S. The third kappa shape index (κ3) is 3.47. The zero-order valence-electron chi connectivity index (χ0n) is 19.1. The van der Waals surface area contributed by atoms with Gasteiger partial charge in [-0.05, 0) is 62.2 Å². The van der Waals surface area contributed by atoms with Gasteiger partial charge in [0.2, 0.25) is 0 Å². The first-order valence-electron chi connectivity index (χ1n) is 10.7. The van der Waals surface area contributed by atoms with Crippen LogP contribution in [0.1, 0.15) is 34.3 Å². The lowest BCUT2D eigenvalue weighted by Gasteiger charge is -2.20. The van der Waals surface area contributed by atoms with Crippen LogP contribution >= 0.6 is 11.3 Å². The highest BCUT2D eigenvalue weighted by molar-refractivity contribution is 7.22. The van der Waals surface area contributed by atoms with Crippen LogP contribution in [0.4, 0.5) is 5.13 Å². The molecule has 0 spiro atoms. The number of amides is 1. The first kappa shape index (κ1) is 21.9. The lowest BCUT2D eigenvalue weighted by atomic mass is 9.99. The van der Waals surface area contributed by atoms with Crippen LogP contribution in [0, 0.1) is 20.8 Å². The van der Waals surface area contributed by atoms with Gasteiger partial charge in [-0.3, -0.25) is 14.5 Å². The van der Waals surface area contributed by atoms with Gasteiger partial charge in [0, 0.05) is 5.56 Å². The van der Waals surface area contributed by atoms with Gasteiger partial charge < -0.3 is 14.3 Å². The maximum Gasteiger partial charge on any atom is 0.302 e. The average Bonchev–Trinajstić information content (AvgIpc) is 3.50. The number of aryl methyl sites for hydroxylation is 3. The Labute approximate surface area is 199 Å². The van der Waals surface area contributed by atoms with Crippen LogP contribution in [0.25, 0.3) is 16.0 Å². The van der Waals surface area contributed by atoms with Gasteiger partial charge >= 0.3 is 5.91 Å². The van der Waals surface area contributed by atoms with E-state index in [2.05, 4.69) is 0 Å². The Kier molecular flexibility index (Phi) is 5.25. The fourth-order valence-corrected chi connectivity index (χ4v) is 5.46. The van der Waals surface area contributed by atoms with Crippen LogP contribution in [-0.2, 0) is 9.59 Å². The number of benzene rings is 2. The number of anilines is 1. The van der Waals surface area contributed by atoms with E-state index >= 15 is 0 Å². The summed E-state index contributed by atoms with van der Waals surface area (Å²) in [5.41, 5.74) is 3.14. The number of fused-ring (bicyclic) bond motifs is 1. The highest BCUT2D eigenvalue weighted by Crippen LogP contribution is 2.45. The summed E-state index contributed by atoms with van der Waals surface area (Å²) in [5, 5.41) is 11.6. The third-order valence-corrected chi connectivity index (χ3v) is 6.84. The van der Waals surface area contributed by atoms with Crippen molar-refractivity contribution < 1.29 is 23.8 Å². The van der Waals surface area contributed by atoms with Gasteiger partial charge in [0.05, 0.1) is 22.9 Å². The van der Waals surface area contributed by atoms with Crippen LogP contribution in [0.2, 0.25) is 0 Å². The standard InChI is InChI=1S/C26H22N2O5S/c1-13-10-14(2)21-19(11-13)34-26(27-21)28-22(18-9-8-15(3)33-18)20(24(30)25(28)31)23(29)16-6-5-7-17(12-16)32-4/h5-12,22,29H,1-4H3. The number of aliphatic hydroxyl groups is 1. The summed E-state index contributed by atoms with van der Waals surface area (Å²) in [6.45, 7) is 5.74. The third-order valence-electron chi connectivity index (χ3n) is 5.84. The van der Waals surface area contributed by atoms with Crippen molar-refractivity contribution in [1.82, 2.24) is 4.98 Å². The molecule has 1 atom stereocenters. The highest BCUT2D eigenvalue weighted by Gasteiger charge is 2.49. The number of aliphatic hydroxyl groups excluding tert-OH is 1. The number of Topliss-reactive ketones (excluding diaryl/α,β-unsaturated/α-hetero) is 1. The number of furan rings is 1. The van der Waals surface area contributed by atoms with E-state index in [0.29, 0.717) is 28.0 Å². The number of hydrogen-bond acceptors (Lipinski definition) is 7. The molecule has 34 heavy (non-hydrogen) atoms. The van der Waals surface area contributed by atoms with Gasteiger partial charge in [0.15, 0.2) is 5.13 Å². The Bertz CT molecular complexity index is 1500. The molecule has 2 aromatic carbocycles. The molecular weight excluding hydrogens is 452 g/mol. The molecule has 1 N–H and O–H groups in total. The first-order valence-corrected chi connectivity index (χ1v) is 11.5. The fourth-order valence-electron chi connectivity index (χ4n) is 4.29. The molecule has 5 rings (SSSR count). The summed E-state index contributed by atoms with van der Waals surface area (Å²) in [4.78, 5) is 32.6. The monoisotopic (exact) mass is 474 g/mol. The molecule has 172 valence electrons. The summed E-state index contributed by atoms with van der Waals surface area (Å²) in [6.07, 6.45) is 0. The number of carbonyl (C=O) groups is 2. The van der Waals surface area contributed by atoms with Crippen LogP contribution in [0.15, 0.2) is 58.5 Å². The number of hydrogen-bond donors (Lipinski definition) is 1. The van der Waals surface area contributed by atoms with Crippen molar-refractivity contribution in [3.63, 3.8) is 0 Å². The second kappa shape index (κ2) is 8.14. The van der Waals surface area contributed by atoms with Gasteiger partial charge in [-0.15, -0.1) is 0 Å². The molecule has 1 fully saturated rings. The molecule has 4 aromatic rings. The van der Waals surface area contributed by atoms with E-state index in [1.807, 2.05) is 26.0 Å². The van der Waals surface area contributed by atoms with Gasteiger partial charge in [-0.1, -0.05) is 29.5 Å². The quantitative estimate of drug-likeness (QED) is 0.240. The van der Waals surface area contributed by atoms with Crippen molar-refractivity contribution in [3.05, 3.63) is 82.3 Å². The van der Waals surface area contributed by atoms with Crippen molar-refractivity contribution in [2.75, 3.05) is 12.0 Å². The van der Waals surface area contributed by atoms with Gasteiger partial charge in [0.25, 0.3) is 5.78 Å². The fraction of sp³-hybridized carbons (Fsp3) is 0.192. The van der Waals surface area contributed by atoms with Gasteiger partial charge in [-0.25, -0.2) is 4.98 Å². The predicted octanol–water partition coefficient (Wildman–Crippen LogP) is 5.45. The normalized spacial score (nSPS) is 17.6. The SMILES string of the molecule is COc1cccc(C(O)=C2C(=O)C(=O)N(c3nc4c(C)cc(C)cc4s3)C2c2ccc(C)o2)c1. The summed E-state index contributed by atoms with van der Waals surface area (Å²) in [6, 6.07) is 13.2. The number of rotatable bonds is 4. The van der Waals surface area contributed by atoms with Gasteiger partial charge in [0.1, 0.15) is 29.1 Å². The van der Waals surface area contributed by atoms with Crippen molar-refractivity contribution in [3.8, 4) is 5.75 Å². The minimum Gasteiger partial charge on any atom is -0.507 e. The first-order chi connectivity index (χ1) is 16.3. The highest BCUT2D eigenvalue weighted by atomic mass is 32.1. The Balaban J connectivity index is 1.73. The number of methoxy groups -OCH3 is 1. The molecule has 8 heteroatoms. The average molecular weight is 475 g/mol. The van der Waals surface area contributed by atoms with Crippen molar-refractivity contribution >= 4 is 44.1 Å². The molecule has 3 heterocycles. The second-order valence-corrected chi connectivity index (χ2v) is 9.28. The second-order valence-electron chi connectivity index (χ2n) is 8.27. The molecule has 1 aliphatic heterocycles. The Morgan fingerprint density at radius 1 is 1.12 bits per heavy atom. The van der Waals surface area contributed by atoms with Crippen LogP contribution in [0.3, 0.4) is 0 Å². The Morgan fingerprint density at radius 2 is 1.91 bits per heavy atom. The predicted molar refractivity (Wildman–Crippen MR) is 130 cm³/mol. The number of carbonyl (C=O) groups excluding carboxylic acids is 2. The Hall–Kier alpha value is -3.91. The summed E-state index contributed by atoms with van der Waals surface area (Å²) < 4.78 is 12.0. The molecule has 0 radical (unpaired) electrons. The van der Waals surface area contributed by atoms with E-state index in [4.69, 9.17) is 14.1 Å². The molecule has 1 amide bonds.